The van der Waals surface area contributed by atoms with Crippen LogP contribution >= 0.6 is 0 Å². The molecule has 0 heterocycles. The minimum atomic E-state index is -4.52. The van der Waals surface area contributed by atoms with Gasteiger partial charge in [0.05, 0.1) is 11.3 Å². The van der Waals surface area contributed by atoms with Crippen LogP contribution in [-0.4, -0.2) is 6.54 Å². The zero-order valence-electron chi connectivity index (χ0n) is 10.5. The summed E-state index contributed by atoms with van der Waals surface area (Å²) in [5, 5.41) is 2.80. The number of rotatable bonds is 4. The van der Waals surface area contributed by atoms with Gasteiger partial charge in [0.25, 0.3) is 0 Å². The summed E-state index contributed by atoms with van der Waals surface area (Å²) >= 11 is 0. The van der Waals surface area contributed by atoms with E-state index < -0.39 is 17.6 Å². The van der Waals surface area contributed by atoms with Crippen LogP contribution < -0.4 is 5.32 Å². The summed E-state index contributed by atoms with van der Waals surface area (Å²) in [6, 6.07) is 12.0. The standard InChI is InChI=1S/C15H13F4N/c16-13-10-12(15(17,18)19)6-7-14(13)20-9-8-11-4-2-1-3-5-11/h1-7,10,20H,8-9H2. The number of hydrogen-bond acceptors (Lipinski definition) is 1. The van der Waals surface area contributed by atoms with Gasteiger partial charge in [0.2, 0.25) is 0 Å². The molecular formula is C15H13F4N. The highest BCUT2D eigenvalue weighted by Gasteiger charge is 2.31. The topological polar surface area (TPSA) is 12.0 Å². The van der Waals surface area contributed by atoms with Crippen molar-refractivity contribution in [2.45, 2.75) is 12.6 Å². The van der Waals surface area contributed by atoms with Crippen molar-refractivity contribution in [1.29, 1.82) is 0 Å². The summed E-state index contributed by atoms with van der Waals surface area (Å²) in [4.78, 5) is 0. The molecule has 0 radical (unpaired) electrons. The van der Waals surface area contributed by atoms with Gasteiger partial charge in [-0.2, -0.15) is 13.2 Å². The fraction of sp³-hybridized carbons (Fsp3) is 0.200. The average Bonchev–Trinajstić information content (AvgIpc) is 2.40. The molecule has 0 aliphatic heterocycles. The van der Waals surface area contributed by atoms with Gasteiger partial charge < -0.3 is 5.32 Å². The van der Waals surface area contributed by atoms with Crippen LogP contribution in [0.5, 0.6) is 0 Å². The highest BCUT2D eigenvalue weighted by Crippen LogP contribution is 2.31. The molecule has 2 rings (SSSR count). The number of nitrogens with one attached hydrogen (secondary N) is 1. The van der Waals surface area contributed by atoms with E-state index in [2.05, 4.69) is 5.32 Å². The van der Waals surface area contributed by atoms with Crippen LogP contribution in [0.2, 0.25) is 0 Å². The van der Waals surface area contributed by atoms with Crippen molar-refractivity contribution in [3.8, 4) is 0 Å². The lowest BCUT2D eigenvalue weighted by Crippen LogP contribution is -2.09. The molecule has 0 aliphatic carbocycles. The lowest BCUT2D eigenvalue weighted by Gasteiger charge is -2.11. The van der Waals surface area contributed by atoms with Crippen LogP contribution in [0.4, 0.5) is 23.2 Å². The normalized spacial score (nSPS) is 11.4. The van der Waals surface area contributed by atoms with Gasteiger partial charge in [-0.1, -0.05) is 30.3 Å². The van der Waals surface area contributed by atoms with Gasteiger partial charge in [0.1, 0.15) is 5.82 Å². The smallest absolute Gasteiger partial charge is 0.382 e. The maximum absolute atomic E-state index is 13.5. The molecule has 0 unspecified atom stereocenters. The fourth-order valence-electron chi connectivity index (χ4n) is 1.82. The van der Waals surface area contributed by atoms with E-state index in [0.717, 1.165) is 17.7 Å². The monoisotopic (exact) mass is 283 g/mol. The van der Waals surface area contributed by atoms with E-state index >= 15 is 0 Å². The Bertz CT molecular complexity index is 564. The quantitative estimate of drug-likeness (QED) is 0.815. The summed E-state index contributed by atoms with van der Waals surface area (Å²) in [6.45, 7) is 0.451. The number of alkyl halides is 3. The third-order valence-corrected chi connectivity index (χ3v) is 2.87. The molecule has 106 valence electrons. The molecule has 2 aromatic carbocycles. The summed E-state index contributed by atoms with van der Waals surface area (Å²) in [6.07, 6.45) is -3.86. The van der Waals surface area contributed by atoms with Crippen LogP contribution in [0.15, 0.2) is 48.5 Å². The maximum atomic E-state index is 13.5. The molecule has 5 heteroatoms. The van der Waals surface area contributed by atoms with Crippen LogP contribution in [0, 0.1) is 5.82 Å². The molecule has 0 fully saturated rings. The molecule has 0 amide bonds. The minimum absolute atomic E-state index is 0.0777. The van der Waals surface area contributed by atoms with E-state index in [4.69, 9.17) is 0 Å². The zero-order valence-corrected chi connectivity index (χ0v) is 10.5. The van der Waals surface area contributed by atoms with E-state index in [0.29, 0.717) is 19.0 Å². The highest BCUT2D eigenvalue weighted by molar-refractivity contribution is 5.47. The van der Waals surface area contributed by atoms with Crippen LogP contribution in [0.25, 0.3) is 0 Å². The largest absolute Gasteiger partial charge is 0.416 e. The minimum Gasteiger partial charge on any atom is -0.382 e. The second-order valence-electron chi connectivity index (χ2n) is 4.35. The Hall–Kier alpha value is -2.04. The van der Waals surface area contributed by atoms with Crippen molar-refractivity contribution in [3.63, 3.8) is 0 Å². The van der Waals surface area contributed by atoms with Crippen molar-refractivity contribution in [2.75, 3.05) is 11.9 Å². The lowest BCUT2D eigenvalue weighted by atomic mass is 10.1. The molecule has 0 spiro atoms. The Morgan fingerprint density at radius 2 is 1.65 bits per heavy atom. The van der Waals surface area contributed by atoms with Crippen LogP contribution in [-0.2, 0) is 12.6 Å². The molecular weight excluding hydrogens is 270 g/mol. The zero-order chi connectivity index (χ0) is 14.6. The lowest BCUT2D eigenvalue weighted by molar-refractivity contribution is -0.137. The Morgan fingerprint density at radius 3 is 2.25 bits per heavy atom. The van der Waals surface area contributed by atoms with Gasteiger partial charge in [0, 0.05) is 6.54 Å². The molecule has 0 aliphatic rings. The van der Waals surface area contributed by atoms with Crippen molar-refractivity contribution in [2.24, 2.45) is 0 Å². The summed E-state index contributed by atoms with van der Waals surface area (Å²) in [5.41, 5.74) is 0.171. The molecule has 0 bridgehead atoms. The van der Waals surface area contributed by atoms with Crippen LogP contribution in [0.3, 0.4) is 0 Å². The van der Waals surface area contributed by atoms with Gasteiger partial charge in [-0.3, -0.25) is 0 Å². The molecule has 20 heavy (non-hydrogen) atoms. The third kappa shape index (κ3) is 3.73. The number of benzene rings is 2. The Morgan fingerprint density at radius 1 is 0.950 bits per heavy atom. The van der Waals surface area contributed by atoms with Gasteiger partial charge in [-0.05, 0) is 30.2 Å². The molecule has 2 aromatic rings. The Balaban J connectivity index is 1.97. The van der Waals surface area contributed by atoms with Crippen molar-refractivity contribution < 1.29 is 17.6 Å². The summed E-state index contributed by atoms with van der Waals surface area (Å²) < 4.78 is 50.7. The number of anilines is 1. The first-order valence-corrected chi connectivity index (χ1v) is 6.11. The van der Waals surface area contributed by atoms with Gasteiger partial charge in [-0.15, -0.1) is 0 Å². The number of halogens is 4. The van der Waals surface area contributed by atoms with Crippen LogP contribution in [0.1, 0.15) is 11.1 Å². The Labute approximate surface area is 114 Å². The molecule has 1 nitrogen and oxygen atoms in total. The molecule has 0 saturated carbocycles. The first-order chi connectivity index (χ1) is 9.47. The van der Waals surface area contributed by atoms with Gasteiger partial charge >= 0.3 is 6.18 Å². The van der Waals surface area contributed by atoms with Crippen molar-refractivity contribution >= 4 is 5.69 Å². The predicted octanol–water partition coefficient (Wildman–Crippen LogP) is 4.50. The van der Waals surface area contributed by atoms with Gasteiger partial charge in [-0.25, -0.2) is 4.39 Å². The highest BCUT2D eigenvalue weighted by atomic mass is 19.4. The second kappa shape index (κ2) is 5.94. The fourth-order valence-corrected chi connectivity index (χ4v) is 1.82. The third-order valence-electron chi connectivity index (χ3n) is 2.87. The van der Waals surface area contributed by atoms with E-state index in [1.165, 1.54) is 0 Å². The number of hydrogen-bond donors (Lipinski definition) is 1. The van der Waals surface area contributed by atoms with E-state index in [-0.39, 0.29) is 5.69 Å². The first-order valence-electron chi connectivity index (χ1n) is 6.11. The van der Waals surface area contributed by atoms with Gasteiger partial charge in [0.15, 0.2) is 0 Å². The first kappa shape index (κ1) is 14.4. The second-order valence-corrected chi connectivity index (χ2v) is 4.35. The molecule has 0 saturated heterocycles. The average molecular weight is 283 g/mol. The summed E-state index contributed by atoms with van der Waals surface area (Å²) in [5.74, 6) is -0.895. The van der Waals surface area contributed by atoms with E-state index in [1.54, 1.807) is 0 Å². The molecule has 0 aromatic heterocycles. The Kier molecular flexibility index (Phi) is 4.27. The van der Waals surface area contributed by atoms with Crippen molar-refractivity contribution in [3.05, 3.63) is 65.5 Å². The SMILES string of the molecule is Fc1cc(C(F)(F)F)ccc1NCCc1ccccc1. The maximum Gasteiger partial charge on any atom is 0.416 e. The van der Waals surface area contributed by atoms with Crippen molar-refractivity contribution in [1.82, 2.24) is 0 Å². The van der Waals surface area contributed by atoms with E-state index in [1.807, 2.05) is 30.3 Å². The summed E-state index contributed by atoms with van der Waals surface area (Å²) in [7, 11) is 0. The molecule has 1 N–H and O–H groups in total. The predicted molar refractivity (Wildman–Crippen MR) is 70.0 cm³/mol. The van der Waals surface area contributed by atoms with E-state index in [9.17, 15) is 17.6 Å². The molecule has 0 atom stereocenters.